The Hall–Kier alpha value is -0.290. The summed E-state index contributed by atoms with van der Waals surface area (Å²) in [6, 6.07) is 0. The summed E-state index contributed by atoms with van der Waals surface area (Å²) in [5, 5.41) is 10.0. The first-order valence-corrected chi connectivity index (χ1v) is 6.46. The van der Waals surface area contributed by atoms with Crippen LogP contribution in [0.25, 0.3) is 0 Å². The van der Waals surface area contributed by atoms with Crippen molar-refractivity contribution in [2.45, 2.75) is 31.9 Å². The van der Waals surface area contributed by atoms with Crippen molar-refractivity contribution in [2.24, 2.45) is 5.92 Å². The normalized spacial score (nSPS) is 20.0. The molecule has 0 amide bonds. The van der Waals surface area contributed by atoms with Gasteiger partial charge in [0.05, 0.1) is 5.97 Å². The van der Waals surface area contributed by atoms with Crippen LogP contribution < -0.4 is 5.11 Å². The van der Waals surface area contributed by atoms with Crippen LogP contribution in [-0.2, 0) is 4.79 Å². The van der Waals surface area contributed by atoms with Crippen LogP contribution in [0.1, 0.15) is 26.7 Å². The predicted octanol–water partition coefficient (Wildman–Crippen LogP) is 0.875. The minimum absolute atomic E-state index is 0.558. The van der Waals surface area contributed by atoms with E-state index in [2.05, 4.69) is 11.8 Å². The van der Waals surface area contributed by atoms with E-state index in [1.807, 2.05) is 0 Å². The molecule has 1 aliphatic heterocycles. The molecular weight excluding hydrogens is 230 g/mol. The summed E-state index contributed by atoms with van der Waals surface area (Å²) in [7, 11) is 0. The summed E-state index contributed by atoms with van der Waals surface area (Å²) in [6.45, 7) is 5.75. The zero-order valence-corrected chi connectivity index (χ0v) is 10.7. The lowest BCUT2D eigenvalue weighted by Gasteiger charge is -2.32. The number of hydrogen-bond donors (Lipinski definition) is 0. The molecule has 0 N–H and O–H groups in total. The van der Waals surface area contributed by atoms with Crippen LogP contribution in [0.5, 0.6) is 0 Å². The average Bonchev–Trinajstić information content (AvgIpc) is 2.18. The van der Waals surface area contributed by atoms with E-state index in [9.17, 15) is 9.90 Å². The third kappa shape index (κ3) is 3.99. The Labute approximate surface area is 100 Å². The molecule has 3 nitrogen and oxygen atoms in total. The molecule has 0 spiro atoms. The summed E-state index contributed by atoms with van der Waals surface area (Å²) in [4.78, 5) is 12.7. The van der Waals surface area contributed by atoms with E-state index in [4.69, 9.17) is 12.2 Å². The number of carbonyl (C=O) groups is 1. The molecule has 1 aliphatic rings. The largest absolute Gasteiger partial charge is 0.549 e. The fraction of sp³-hybridized carbons (Fsp3) is 0.800. The summed E-state index contributed by atoms with van der Waals surface area (Å²) >= 11 is 6.42. The number of hydrogen-bond acceptors (Lipinski definition) is 4. The highest BCUT2D eigenvalue weighted by Gasteiger charge is 2.19. The van der Waals surface area contributed by atoms with E-state index in [0.29, 0.717) is 4.32 Å². The molecule has 0 saturated carbocycles. The molecule has 0 aliphatic carbocycles. The van der Waals surface area contributed by atoms with E-state index < -0.39 is 11.2 Å². The van der Waals surface area contributed by atoms with E-state index in [-0.39, 0.29) is 0 Å². The monoisotopic (exact) mass is 246 g/mol. The highest BCUT2D eigenvalue weighted by molar-refractivity contribution is 8.23. The minimum atomic E-state index is -1.05. The van der Waals surface area contributed by atoms with E-state index in [0.717, 1.165) is 31.8 Å². The van der Waals surface area contributed by atoms with Gasteiger partial charge in [0.15, 0.2) is 0 Å². The van der Waals surface area contributed by atoms with Gasteiger partial charge in [-0.2, -0.15) is 0 Å². The highest BCUT2D eigenvalue weighted by atomic mass is 32.2. The molecule has 86 valence electrons. The SMILES string of the molecule is CC1CCN(C(=S)S[C@H](C)C(=O)[O-])CC1. The average molecular weight is 246 g/mol. The van der Waals surface area contributed by atoms with Gasteiger partial charge in [-0.25, -0.2) is 0 Å². The van der Waals surface area contributed by atoms with Crippen LogP contribution >= 0.6 is 24.0 Å². The van der Waals surface area contributed by atoms with Crippen molar-refractivity contribution in [3.8, 4) is 0 Å². The van der Waals surface area contributed by atoms with Crippen molar-refractivity contribution in [1.82, 2.24) is 4.90 Å². The number of thiocarbonyl (C=S) groups is 1. The van der Waals surface area contributed by atoms with Crippen molar-refractivity contribution in [3.05, 3.63) is 0 Å². The zero-order valence-electron chi connectivity index (χ0n) is 9.06. The molecular formula is C10H16NO2S2-. The van der Waals surface area contributed by atoms with Crippen LogP contribution in [0.15, 0.2) is 0 Å². The van der Waals surface area contributed by atoms with Crippen molar-refractivity contribution in [1.29, 1.82) is 0 Å². The first-order valence-electron chi connectivity index (χ1n) is 5.17. The number of thioether (sulfide) groups is 1. The second-order valence-electron chi connectivity index (χ2n) is 4.01. The Morgan fingerprint density at radius 1 is 1.53 bits per heavy atom. The number of carboxylic acid groups (broad SMARTS) is 1. The molecule has 1 saturated heterocycles. The van der Waals surface area contributed by atoms with E-state index in [1.165, 1.54) is 11.8 Å². The maximum Gasteiger partial charge on any atom is 0.137 e. The van der Waals surface area contributed by atoms with Gasteiger partial charge in [0.2, 0.25) is 0 Å². The van der Waals surface area contributed by atoms with Gasteiger partial charge in [0.1, 0.15) is 4.32 Å². The van der Waals surface area contributed by atoms with Gasteiger partial charge in [-0.15, -0.1) is 0 Å². The number of rotatable bonds is 2. The molecule has 1 atom stereocenters. The van der Waals surface area contributed by atoms with Gasteiger partial charge >= 0.3 is 0 Å². The number of aliphatic carboxylic acids is 1. The van der Waals surface area contributed by atoms with Crippen molar-refractivity contribution < 1.29 is 9.90 Å². The highest BCUT2D eigenvalue weighted by Crippen LogP contribution is 2.22. The number of carbonyl (C=O) groups excluding carboxylic acids is 1. The molecule has 1 rings (SSSR count). The predicted molar refractivity (Wildman–Crippen MR) is 64.6 cm³/mol. The molecule has 15 heavy (non-hydrogen) atoms. The summed E-state index contributed by atoms with van der Waals surface area (Å²) < 4.78 is 0.693. The lowest BCUT2D eigenvalue weighted by molar-refractivity contribution is -0.304. The van der Waals surface area contributed by atoms with Crippen LogP contribution in [0, 0.1) is 5.92 Å². The molecule has 0 radical (unpaired) electrons. The zero-order chi connectivity index (χ0) is 11.4. The van der Waals surface area contributed by atoms with Crippen molar-refractivity contribution in [2.75, 3.05) is 13.1 Å². The van der Waals surface area contributed by atoms with Crippen molar-refractivity contribution in [3.63, 3.8) is 0 Å². The van der Waals surface area contributed by atoms with Gasteiger partial charge in [-0.3, -0.25) is 0 Å². The fourth-order valence-electron chi connectivity index (χ4n) is 1.47. The smallest absolute Gasteiger partial charge is 0.137 e. The van der Waals surface area contributed by atoms with Crippen LogP contribution in [-0.4, -0.2) is 33.5 Å². The fourth-order valence-corrected chi connectivity index (χ4v) is 2.81. The maximum absolute atomic E-state index is 10.6. The second-order valence-corrected chi connectivity index (χ2v) is 5.99. The standard InChI is InChI=1S/C10H17NO2S2/c1-7-3-5-11(6-4-7)10(14)15-8(2)9(12)13/h7-8H,3-6H2,1-2H3,(H,12,13)/p-1/t8-/m1/s1. The number of piperidine rings is 1. The molecule has 0 aromatic heterocycles. The third-order valence-electron chi connectivity index (χ3n) is 2.65. The minimum Gasteiger partial charge on any atom is -0.549 e. The Kier molecular flexibility index (Phi) is 4.86. The summed E-state index contributed by atoms with van der Waals surface area (Å²) in [5.41, 5.74) is 0. The number of carboxylic acids is 1. The first-order chi connectivity index (χ1) is 7.00. The van der Waals surface area contributed by atoms with Gasteiger partial charge in [-0.1, -0.05) is 30.9 Å². The first kappa shape index (κ1) is 12.8. The Morgan fingerprint density at radius 3 is 2.53 bits per heavy atom. The lowest BCUT2D eigenvalue weighted by atomic mass is 10.00. The summed E-state index contributed by atoms with van der Waals surface area (Å²) in [5.74, 6) is -0.291. The quantitative estimate of drug-likeness (QED) is 0.677. The Bertz CT molecular complexity index is 250. The molecule has 1 heterocycles. The Balaban J connectivity index is 2.37. The second kappa shape index (κ2) is 5.70. The molecule has 0 aromatic carbocycles. The topological polar surface area (TPSA) is 43.4 Å². The molecule has 5 heteroatoms. The van der Waals surface area contributed by atoms with Gasteiger partial charge in [0.25, 0.3) is 0 Å². The van der Waals surface area contributed by atoms with Crippen LogP contribution in [0.3, 0.4) is 0 Å². The lowest BCUT2D eigenvalue weighted by Crippen LogP contribution is -2.38. The van der Waals surface area contributed by atoms with E-state index >= 15 is 0 Å². The molecule has 0 aromatic rings. The van der Waals surface area contributed by atoms with E-state index in [1.54, 1.807) is 6.92 Å². The Morgan fingerprint density at radius 2 is 2.07 bits per heavy atom. The van der Waals surface area contributed by atoms with Gasteiger partial charge in [0, 0.05) is 18.3 Å². The van der Waals surface area contributed by atoms with Crippen LogP contribution in [0.4, 0.5) is 0 Å². The summed E-state index contributed by atoms with van der Waals surface area (Å²) in [6.07, 6.45) is 2.28. The third-order valence-corrected chi connectivity index (χ3v) is 4.20. The molecule has 0 unspecified atom stereocenters. The van der Waals surface area contributed by atoms with Crippen molar-refractivity contribution >= 4 is 34.3 Å². The molecule has 1 fully saturated rings. The maximum atomic E-state index is 10.6. The number of likely N-dealkylation sites (tertiary alicyclic amines) is 1. The van der Waals surface area contributed by atoms with Gasteiger partial charge in [-0.05, 0) is 25.7 Å². The molecule has 0 bridgehead atoms. The van der Waals surface area contributed by atoms with Crippen LogP contribution in [0.2, 0.25) is 0 Å². The number of nitrogens with zero attached hydrogens (tertiary/aromatic N) is 1. The van der Waals surface area contributed by atoms with Gasteiger partial charge < -0.3 is 14.8 Å².